The van der Waals surface area contributed by atoms with Gasteiger partial charge in [0.05, 0.1) is 19.6 Å². The number of aromatic carboxylic acids is 1. The maximum absolute atomic E-state index is 12.3. The summed E-state index contributed by atoms with van der Waals surface area (Å²) in [5, 5.41) is 9.03. The van der Waals surface area contributed by atoms with Crippen LogP contribution in [0.3, 0.4) is 0 Å². The van der Waals surface area contributed by atoms with Crippen LogP contribution in [0.2, 0.25) is 0 Å². The molecule has 0 radical (unpaired) electrons. The zero-order chi connectivity index (χ0) is 17.7. The summed E-state index contributed by atoms with van der Waals surface area (Å²) in [6.07, 6.45) is 0.258. The van der Waals surface area contributed by atoms with Crippen LogP contribution in [0, 0.1) is 6.92 Å². The predicted octanol–water partition coefficient (Wildman–Crippen LogP) is 2.89. The van der Waals surface area contributed by atoms with Gasteiger partial charge in [0.2, 0.25) is 5.91 Å². The fourth-order valence-electron chi connectivity index (χ4n) is 2.34. The number of hydrogen-bond acceptors (Lipinski definition) is 4. The van der Waals surface area contributed by atoms with Gasteiger partial charge in [0.1, 0.15) is 22.8 Å². The molecule has 6 heteroatoms. The second-order valence-corrected chi connectivity index (χ2v) is 5.49. The van der Waals surface area contributed by atoms with E-state index in [1.54, 1.807) is 14.0 Å². The number of carbonyl (C=O) groups excluding carboxylic acids is 1. The highest BCUT2D eigenvalue weighted by molar-refractivity contribution is 5.88. The Bertz CT molecular complexity index is 718. The average Bonchev–Trinajstić information content (AvgIpc) is 2.90. The molecule has 2 rings (SSSR count). The standard InChI is InChI=1S/C18H21NO5/c1-4-23-14-7-5-13(6-8-14)9-17(20)19(3)11-15-10-16(18(21)22)12(2)24-15/h5-8,10H,4,9,11H2,1-3H3,(H,21,22). The van der Waals surface area contributed by atoms with Crippen LogP contribution in [0.15, 0.2) is 34.7 Å². The molecule has 128 valence electrons. The largest absolute Gasteiger partial charge is 0.494 e. The minimum atomic E-state index is -1.04. The van der Waals surface area contributed by atoms with Gasteiger partial charge in [-0.3, -0.25) is 4.79 Å². The second kappa shape index (κ2) is 7.68. The molecule has 0 atom stereocenters. The minimum absolute atomic E-state index is 0.0786. The van der Waals surface area contributed by atoms with Crippen LogP contribution in [0.5, 0.6) is 5.75 Å². The fraction of sp³-hybridized carbons (Fsp3) is 0.333. The molecule has 0 aliphatic carbocycles. The summed E-state index contributed by atoms with van der Waals surface area (Å²) in [6, 6.07) is 8.84. The van der Waals surface area contributed by atoms with Crippen molar-refractivity contribution in [3.05, 3.63) is 53.0 Å². The van der Waals surface area contributed by atoms with E-state index in [0.29, 0.717) is 18.1 Å². The molecule has 0 bridgehead atoms. The monoisotopic (exact) mass is 331 g/mol. The van der Waals surface area contributed by atoms with Crippen molar-refractivity contribution in [2.45, 2.75) is 26.8 Å². The van der Waals surface area contributed by atoms with Gasteiger partial charge in [-0.15, -0.1) is 0 Å². The summed E-state index contributed by atoms with van der Waals surface area (Å²) in [5.74, 6) is 0.447. The summed E-state index contributed by atoms with van der Waals surface area (Å²) in [5.41, 5.74) is 1.01. The number of aryl methyl sites for hydroxylation is 1. The molecule has 0 spiro atoms. The molecular weight excluding hydrogens is 310 g/mol. The summed E-state index contributed by atoms with van der Waals surface area (Å²) >= 11 is 0. The van der Waals surface area contributed by atoms with Crippen molar-refractivity contribution in [3.63, 3.8) is 0 Å². The maximum Gasteiger partial charge on any atom is 0.339 e. The van der Waals surface area contributed by atoms with Crippen LogP contribution in [0.25, 0.3) is 0 Å². The van der Waals surface area contributed by atoms with E-state index >= 15 is 0 Å². The van der Waals surface area contributed by atoms with Crippen LogP contribution in [-0.2, 0) is 17.8 Å². The van der Waals surface area contributed by atoms with E-state index in [1.165, 1.54) is 11.0 Å². The van der Waals surface area contributed by atoms with Crippen LogP contribution in [-0.4, -0.2) is 35.5 Å². The number of carboxylic acid groups (broad SMARTS) is 1. The zero-order valence-electron chi connectivity index (χ0n) is 14.0. The summed E-state index contributed by atoms with van der Waals surface area (Å²) in [7, 11) is 1.66. The number of likely N-dealkylation sites (N-methyl/N-ethyl adjacent to an activating group) is 1. The number of carbonyl (C=O) groups is 2. The normalized spacial score (nSPS) is 10.5. The zero-order valence-corrected chi connectivity index (χ0v) is 14.0. The quantitative estimate of drug-likeness (QED) is 0.844. The first-order chi connectivity index (χ1) is 11.4. The first-order valence-corrected chi connectivity index (χ1v) is 7.69. The summed E-state index contributed by atoms with van der Waals surface area (Å²) in [6.45, 7) is 4.33. The van der Waals surface area contributed by atoms with E-state index in [2.05, 4.69) is 0 Å². The SMILES string of the molecule is CCOc1ccc(CC(=O)N(C)Cc2cc(C(=O)O)c(C)o2)cc1. The number of amides is 1. The molecule has 1 heterocycles. The van der Waals surface area contributed by atoms with Gasteiger partial charge < -0.3 is 19.2 Å². The van der Waals surface area contributed by atoms with E-state index in [-0.39, 0.29) is 24.4 Å². The minimum Gasteiger partial charge on any atom is -0.494 e. The number of carboxylic acids is 1. The van der Waals surface area contributed by atoms with E-state index < -0.39 is 5.97 Å². The second-order valence-electron chi connectivity index (χ2n) is 5.49. The highest BCUT2D eigenvalue weighted by Gasteiger charge is 2.17. The van der Waals surface area contributed by atoms with Crippen LogP contribution >= 0.6 is 0 Å². The molecule has 6 nitrogen and oxygen atoms in total. The third kappa shape index (κ3) is 4.38. The molecule has 1 amide bonds. The molecule has 0 aliphatic heterocycles. The Morgan fingerprint density at radius 1 is 1.25 bits per heavy atom. The van der Waals surface area contributed by atoms with Gasteiger partial charge in [-0.1, -0.05) is 12.1 Å². The van der Waals surface area contributed by atoms with Gasteiger partial charge in [0.25, 0.3) is 0 Å². The molecule has 1 N–H and O–H groups in total. The molecular formula is C18H21NO5. The van der Waals surface area contributed by atoms with Gasteiger partial charge >= 0.3 is 5.97 Å². The molecule has 0 saturated heterocycles. The molecule has 2 aromatic rings. The number of nitrogens with zero attached hydrogens (tertiary/aromatic N) is 1. The Balaban J connectivity index is 1.96. The van der Waals surface area contributed by atoms with E-state index in [1.807, 2.05) is 31.2 Å². The third-order valence-electron chi connectivity index (χ3n) is 3.61. The Kier molecular flexibility index (Phi) is 5.63. The molecule has 0 saturated carbocycles. The first-order valence-electron chi connectivity index (χ1n) is 7.69. The van der Waals surface area contributed by atoms with Crippen molar-refractivity contribution >= 4 is 11.9 Å². The Morgan fingerprint density at radius 2 is 1.92 bits per heavy atom. The Morgan fingerprint density at radius 3 is 2.46 bits per heavy atom. The lowest BCUT2D eigenvalue weighted by Crippen LogP contribution is -2.27. The van der Waals surface area contributed by atoms with Crippen molar-refractivity contribution in [1.82, 2.24) is 4.90 Å². The van der Waals surface area contributed by atoms with Gasteiger partial charge in [-0.05, 0) is 37.6 Å². The van der Waals surface area contributed by atoms with Crippen molar-refractivity contribution in [1.29, 1.82) is 0 Å². The van der Waals surface area contributed by atoms with Crippen LogP contribution in [0.1, 0.15) is 34.4 Å². The highest BCUT2D eigenvalue weighted by atomic mass is 16.5. The van der Waals surface area contributed by atoms with Gasteiger partial charge in [-0.25, -0.2) is 4.79 Å². The Labute approximate surface area is 140 Å². The first kappa shape index (κ1) is 17.6. The van der Waals surface area contributed by atoms with Gasteiger partial charge in [-0.2, -0.15) is 0 Å². The van der Waals surface area contributed by atoms with Gasteiger partial charge in [0, 0.05) is 7.05 Å². The lowest BCUT2D eigenvalue weighted by molar-refractivity contribution is -0.129. The number of benzene rings is 1. The highest BCUT2D eigenvalue weighted by Crippen LogP contribution is 2.17. The summed E-state index contributed by atoms with van der Waals surface area (Å²) < 4.78 is 10.8. The number of ether oxygens (including phenoxy) is 1. The molecule has 1 aromatic carbocycles. The van der Waals surface area contributed by atoms with Crippen molar-refractivity contribution < 1.29 is 23.8 Å². The topological polar surface area (TPSA) is 80.0 Å². The van der Waals surface area contributed by atoms with Crippen LogP contribution in [0.4, 0.5) is 0 Å². The third-order valence-corrected chi connectivity index (χ3v) is 3.61. The van der Waals surface area contributed by atoms with Crippen LogP contribution < -0.4 is 4.74 Å². The maximum atomic E-state index is 12.3. The summed E-state index contributed by atoms with van der Waals surface area (Å²) in [4.78, 5) is 24.8. The smallest absolute Gasteiger partial charge is 0.339 e. The van der Waals surface area contributed by atoms with E-state index in [0.717, 1.165) is 11.3 Å². The molecule has 0 aliphatic rings. The van der Waals surface area contributed by atoms with E-state index in [4.69, 9.17) is 14.3 Å². The lowest BCUT2D eigenvalue weighted by atomic mass is 10.1. The van der Waals surface area contributed by atoms with Crippen molar-refractivity contribution in [2.24, 2.45) is 0 Å². The molecule has 1 aromatic heterocycles. The average molecular weight is 331 g/mol. The molecule has 24 heavy (non-hydrogen) atoms. The fourth-order valence-corrected chi connectivity index (χ4v) is 2.34. The number of rotatable bonds is 7. The van der Waals surface area contributed by atoms with Gasteiger partial charge in [0.15, 0.2) is 0 Å². The Hall–Kier alpha value is -2.76. The van der Waals surface area contributed by atoms with Crippen molar-refractivity contribution in [3.8, 4) is 5.75 Å². The van der Waals surface area contributed by atoms with E-state index in [9.17, 15) is 9.59 Å². The molecule has 0 fully saturated rings. The lowest BCUT2D eigenvalue weighted by Gasteiger charge is -2.16. The predicted molar refractivity (Wildman–Crippen MR) is 88.2 cm³/mol. The number of furan rings is 1. The molecule has 0 unspecified atom stereocenters. The van der Waals surface area contributed by atoms with Crippen molar-refractivity contribution in [2.75, 3.05) is 13.7 Å². The number of hydrogen-bond donors (Lipinski definition) is 1.